The molecule has 8 heteroatoms. The second-order valence-corrected chi connectivity index (χ2v) is 8.92. The molecule has 2 aliphatic rings. The Morgan fingerprint density at radius 2 is 1.88 bits per heavy atom. The van der Waals surface area contributed by atoms with E-state index in [4.69, 9.17) is 9.47 Å². The molecule has 1 N–H and O–H groups in total. The normalized spacial score (nSPS) is 16.1. The summed E-state index contributed by atoms with van der Waals surface area (Å²) in [6, 6.07) is 16.3. The van der Waals surface area contributed by atoms with Gasteiger partial charge in [0.25, 0.3) is 5.91 Å². The quantitative estimate of drug-likeness (QED) is 0.514. The molecule has 0 radical (unpaired) electrons. The minimum Gasteiger partial charge on any atom is -0.454 e. The highest BCUT2D eigenvalue weighted by Gasteiger charge is 2.25. The van der Waals surface area contributed by atoms with Crippen molar-refractivity contribution in [2.24, 2.45) is 0 Å². The zero-order valence-corrected chi connectivity index (χ0v) is 18.2. The second kappa shape index (κ2) is 7.96. The zero-order chi connectivity index (χ0) is 21.5. The molecule has 0 bridgehead atoms. The predicted molar refractivity (Wildman–Crippen MR) is 123 cm³/mol. The number of rotatable bonds is 4. The number of H-pyrrole nitrogens is 1. The predicted octanol–water partition coefficient (Wildman–Crippen LogP) is 3.98. The number of piperazine rings is 1. The van der Waals surface area contributed by atoms with E-state index in [0.717, 1.165) is 52.7 Å². The molecule has 0 unspecified atom stereocenters. The molecule has 162 valence electrons. The fourth-order valence-corrected chi connectivity index (χ4v) is 5.02. The van der Waals surface area contributed by atoms with Gasteiger partial charge in [-0.05, 0) is 29.8 Å². The molecule has 0 aliphatic carbocycles. The third kappa shape index (κ3) is 3.61. The number of thiazole rings is 1. The van der Waals surface area contributed by atoms with Gasteiger partial charge in [-0.3, -0.25) is 9.69 Å². The number of carbonyl (C=O) groups excluding carboxylic acids is 1. The van der Waals surface area contributed by atoms with Crippen LogP contribution in [0.2, 0.25) is 0 Å². The topological polar surface area (TPSA) is 70.7 Å². The number of hydrogen-bond acceptors (Lipinski definition) is 6. The Labute approximate surface area is 189 Å². The van der Waals surface area contributed by atoms with E-state index in [1.54, 1.807) is 0 Å². The molecule has 0 saturated carbocycles. The van der Waals surface area contributed by atoms with Gasteiger partial charge in [0, 0.05) is 49.0 Å². The van der Waals surface area contributed by atoms with Crippen molar-refractivity contribution < 1.29 is 14.3 Å². The Hall–Kier alpha value is -3.36. The fraction of sp³-hybridized carbons (Fsp3) is 0.250. The van der Waals surface area contributed by atoms with Crippen LogP contribution in [0.1, 0.15) is 16.1 Å². The molecule has 6 rings (SSSR count). The number of fused-ring (bicyclic) bond motifs is 2. The summed E-state index contributed by atoms with van der Waals surface area (Å²) in [5, 5.41) is 3.84. The largest absolute Gasteiger partial charge is 0.454 e. The van der Waals surface area contributed by atoms with E-state index in [1.165, 1.54) is 16.9 Å². The molecule has 2 aromatic carbocycles. The van der Waals surface area contributed by atoms with Crippen LogP contribution in [0.15, 0.2) is 53.9 Å². The molecule has 0 atom stereocenters. The van der Waals surface area contributed by atoms with Crippen molar-refractivity contribution in [2.45, 2.75) is 6.54 Å². The SMILES string of the molecule is O=C(c1csc(-c2cc3ccccc3[nH]2)n1)N1CCN(Cc2ccc3c(c2)OCO3)CC1. The van der Waals surface area contributed by atoms with Crippen molar-refractivity contribution in [1.82, 2.24) is 19.8 Å². The first-order valence-electron chi connectivity index (χ1n) is 10.7. The summed E-state index contributed by atoms with van der Waals surface area (Å²) in [7, 11) is 0. The average molecular weight is 447 g/mol. The summed E-state index contributed by atoms with van der Waals surface area (Å²) < 4.78 is 10.9. The number of amides is 1. The number of para-hydroxylation sites is 1. The molecular weight excluding hydrogens is 424 g/mol. The highest BCUT2D eigenvalue weighted by Crippen LogP contribution is 2.33. The number of benzene rings is 2. The highest BCUT2D eigenvalue weighted by atomic mass is 32.1. The smallest absolute Gasteiger partial charge is 0.273 e. The van der Waals surface area contributed by atoms with Gasteiger partial charge in [-0.2, -0.15) is 0 Å². The number of aromatic nitrogens is 2. The molecule has 1 amide bonds. The first-order chi connectivity index (χ1) is 15.7. The maximum atomic E-state index is 13.0. The molecule has 0 spiro atoms. The monoisotopic (exact) mass is 446 g/mol. The van der Waals surface area contributed by atoms with Crippen LogP contribution in [0.5, 0.6) is 11.5 Å². The molecule has 2 aliphatic heterocycles. The lowest BCUT2D eigenvalue weighted by molar-refractivity contribution is 0.0623. The first kappa shape index (κ1) is 19.3. The van der Waals surface area contributed by atoms with Crippen molar-refractivity contribution in [3.63, 3.8) is 0 Å². The van der Waals surface area contributed by atoms with E-state index >= 15 is 0 Å². The number of ether oxygens (including phenoxy) is 2. The van der Waals surface area contributed by atoms with Gasteiger partial charge in [0.2, 0.25) is 6.79 Å². The van der Waals surface area contributed by atoms with Gasteiger partial charge in [0.05, 0.1) is 5.69 Å². The van der Waals surface area contributed by atoms with Gasteiger partial charge in [-0.25, -0.2) is 4.98 Å². The molecule has 32 heavy (non-hydrogen) atoms. The Morgan fingerprint density at radius 1 is 1.03 bits per heavy atom. The summed E-state index contributed by atoms with van der Waals surface area (Å²) in [4.78, 5) is 25.3. The molecule has 7 nitrogen and oxygen atoms in total. The van der Waals surface area contributed by atoms with Crippen LogP contribution in [-0.2, 0) is 6.54 Å². The van der Waals surface area contributed by atoms with E-state index in [1.807, 2.05) is 40.6 Å². The minimum atomic E-state index is 0.00587. The van der Waals surface area contributed by atoms with Crippen molar-refractivity contribution in [3.05, 3.63) is 65.2 Å². The molecule has 4 heterocycles. The van der Waals surface area contributed by atoms with Crippen LogP contribution in [0, 0.1) is 0 Å². The van der Waals surface area contributed by atoms with Crippen LogP contribution in [0.25, 0.3) is 21.6 Å². The Kier molecular flexibility index (Phi) is 4.81. The van der Waals surface area contributed by atoms with Gasteiger partial charge < -0.3 is 19.4 Å². The third-order valence-corrected chi connectivity index (χ3v) is 6.86. The summed E-state index contributed by atoms with van der Waals surface area (Å²) in [6.45, 7) is 4.18. The average Bonchev–Trinajstić information content (AvgIpc) is 3.57. The highest BCUT2D eigenvalue weighted by molar-refractivity contribution is 7.13. The van der Waals surface area contributed by atoms with Crippen LogP contribution >= 0.6 is 11.3 Å². The summed E-state index contributed by atoms with van der Waals surface area (Å²) in [6.07, 6.45) is 0. The summed E-state index contributed by atoms with van der Waals surface area (Å²) >= 11 is 1.50. The lowest BCUT2D eigenvalue weighted by atomic mass is 10.1. The van der Waals surface area contributed by atoms with Gasteiger partial charge in [0.15, 0.2) is 11.5 Å². The van der Waals surface area contributed by atoms with E-state index in [9.17, 15) is 4.79 Å². The summed E-state index contributed by atoms with van der Waals surface area (Å²) in [5.41, 5.74) is 3.73. The van der Waals surface area contributed by atoms with Crippen molar-refractivity contribution >= 4 is 28.1 Å². The third-order valence-electron chi connectivity index (χ3n) is 5.99. The van der Waals surface area contributed by atoms with Gasteiger partial charge in [-0.15, -0.1) is 11.3 Å². The number of nitrogens with zero attached hydrogens (tertiary/aromatic N) is 3. The standard InChI is InChI=1S/C24H22N4O3S/c29-24(20-14-32-23(26-20)19-12-17-3-1-2-4-18(17)25-19)28-9-7-27(8-10-28)13-16-5-6-21-22(11-16)31-15-30-21/h1-6,11-12,14,25H,7-10,13,15H2. The molecule has 1 saturated heterocycles. The number of aromatic amines is 1. The van der Waals surface area contributed by atoms with Crippen LogP contribution in [0.4, 0.5) is 0 Å². The van der Waals surface area contributed by atoms with E-state index in [0.29, 0.717) is 18.8 Å². The maximum Gasteiger partial charge on any atom is 0.273 e. The van der Waals surface area contributed by atoms with E-state index < -0.39 is 0 Å². The fourth-order valence-electron chi connectivity index (χ4n) is 4.25. The number of hydrogen-bond donors (Lipinski definition) is 1. The van der Waals surface area contributed by atoms with Crippen molar-refractivity contribution in [2.75, 3.05) is 33.0 Å². The lowest BCUT2D eigenvalue weighted by Crippen LogP contribution is -2.48. The number of carbonyl (C=O) groups is 1. The first-order valence-corrected chi connectivity index (χ1v) is 11.5. The maximum absolute atomic E-state index is 13.0. The Balaban J connectivity index is 1.09. The van der Waals surface area contributed by atoms with Gasteiger partial charge >= 0.3 is 0 Å². The van der Waals surface area contributed by atoms with Gasteiger partial charge in [-0.1, -0.05) is 24.3 Å². The summed E-state index contributed by atoms with van der Waals surface area (Å²) in [5.74, 6) is 1.62. The minimum absolute atomic E-state index is 0.00587. The molecule has 2 aromatic heterocycles. The van der Waals surface area contributed by atoms with E-state index in [2.05, 4.69) is 33.1 Å². The van der Waals surface area contributed by atoms with Gasteiger partial charge in [0.1, 0.15) is 10.7 Å². The molecule has 4 aromatic rings. The zero-order valence-electron chi connectivity index (χ0n) is 17.4. The second-order valence-electron chi connectivity index (χ2n) is 8.06. The molecular formula is C24H22N4O3S. The Bertz CT molecular complexity index is 1260. The van der Waals surface area contributed by atoms with Crippen molar-refractivity contribution in [1.29, 1.82) is 0 Å². The number of nitrogens with one attached hydrogen (secondary N) is 1. The van der Waals surface area contributed by atoms with Crippen molar-refractivity contribution in [3.8, 4) is 22.2 Å². The van der Waals surface area contributed by atoms with E-state index in [-0.39, 0.29) is 12.7 Å². The van der Waals surface area contributed by atoms with Crippen LogP contribution in [0.3, 0.4) is 0 Å². The Morgan fingerprint density at radius 3 is 2.75 bits per heavy atom. The van der Waals surface area contributed by atoms with Crippen LogP contribution < -0.4 is 9.47 Å². The molecule has 1 fully saturated rings. The lowest BCUT2D eigenvalue weighted by Gasteiger charge is -2.34. The van der Waals surface area contributed by atoms with Crippen LogP contribution in [-0.4, -0.2) is 58.6 Å².